The minimum Gasteiger partial charge on any atom is -0.370 e. The number of likely N-dealkylation sites (tertiary alicyclic amines) is 1. The van der Waals surface area contributed by atoms with Gasteiger partial charge in [-0.15, -0.1) is 0 Å². The lowest BCUT2D eigenvalue weighted by molar-refractivity contribution is 0.217. The summed E-state index contributed by atoms with van der Waals surface area (Å²) in [6.45, 7) is 14.5. The lowest BCUT2D eigenvalue weighted by atomic mass is 9.78. The number of allylic oxidation sites excluding steroid dienone is 3. The molecule has 2 aliphatic heterocycles. The first-order valence-corrected chi connectivity index (χ1v) is 9.49. The third-order valence-corrected chi connectivity index (χ3v) is 4.84. The van der Waals surface area contributed by atoms with E-state index < -0.39 is 17.2 Å². The second kappa shape index (κ2) is 10.3. The van der Waals surface area contributed by atoms with Crippen molar-refractivity contribution in [1.82, 2.24) is 4.90 Å². The van der Waals surface area contributed by atoms with E-state index in [0.717, 1.165) is 32.6 Å². The second-order valence-corrected chi connectivity index (χ2v) is 7.29. The molecule has 2 saturated heterocycles. The number of nitriles is 1. The van der Waals surface area contributed by atoms with E-state index in [1.54, 1.807) is 19.9 Å². The van der Waals surface area contributed by atoms with Gasteiger partial charge < -0.3 is 9.80 Å². The number of benzene rings is 1. The van der Waals surface area contributed by atoms with E-state index >= 15 is 0 Å². The maximum absolute atomic E-state index is 13.6. The molecule has 1 aromatic rings. The number of halogens is 3. The van der Waals surface area contributed by atoms with Crippen molar-refractivity contribution < 1.29 is 13.2 Å². The van der Waals surface area contributed by atoms with Crippen LogP contribution in [0.3, 0.4) is 0 Å². The zero-order chi connectivity index (χ0) is 21.5. The van der Waals surface area contributed by atoms with Gasteiger partial charge in [0.05, 0.1) is 0 Å². The van der Waals surface area contributed by atoms with Crippen LogP contribution in [0.4, 0.5) is 18.9 Å². The van der Waals surface area contributed by atoms with Crippen LogP contribution in [0.5, 0.6) is 0 Å². The lowest BCUT2D eigenvalue weighted by Gasteiger charge is -2.49. The smallest absolute Gasteiger partial charge is 0.146 e. The molecule has 3 nitrogen and oxygen atoms in total. The molecule has 3 rings (SSSR count). The Hall–Kier alpha value is -2.26. The number of anilines is 1. The number of rotatable bonds is 2. The second-order valence-electron chi connectivity index (χ2n) is 7.29. The van der Waals surface area contributed by atoms with Crippen LogP contribution in [0.15, 0.2) is 36.2 Å². The van der Waals surface area contributed by atoms with Crippen molar-refractivity contribution in [3.63, 3.8) is 0 Å². The highest BCUT2D eigenvalue weighted by Crippen LogP contribution is 2.41. The molecule has 0 bridgehead atoms. The van der Waals surface area contributed by atoms with Crippen molar-refractivity contribution in [2.45, 2.75) is 34.1 Å². The first-order valence-electron chi connectivity index (χ1n) is 9.49. The van der Waals surface area contributed by atoms with Gasteiger partial charge in [0, 0.05) is 30.7 Å². The van der Waals surface area contributed by atoms with Crippen LogP contribution >= 0.6 is 0 Å². The predicted molar refractivity (Wildman–Crippen MR) is 109 cm³/mol. The van der Waals surface area contributed by atoms with Crippen LogP contribution in [0.2, 0.25) is 0 Å². The molecule has 1 aromatic carbocycles. The van der Waals surface area contributed by atoms with Crippen LogP contribution in [0.25, 0.3) is 0 Å². The predicted octanol–water partition coefficient (Wildman–Crippen LogP) is 5.44. The summed E-state index contributed by atoms with van der Waals surface area (Å²) in [6.07, 6.45) is 2.34. The fourth-order valence-electron chi connectivity index (χ4n) is 3.42. The van der Waals surface area contributed by atoms with Crippen molar-refractivity contribution >= 4 is 5.69 Å². The third-order valence-electron chi connectivity index (χ3n) is 4.84. The molecule has 0 saturated carbocycles. The minimum absolute atomic E-state index is 0.222. The Balaban J connectivity index is 0.000000372. The van der Waals surface area contributed by atoms with E-state index in [4.69, 9.17) is 5.26 Å². The molecule has 0 amide bonds. The van der Waals surface area contributed by atoms with Crippen molar-refractivity contribution in [2.24, 2.45) is 5.41 Å². The van der Waals surface area contributed by atoms with Gasteiger partial charge >= 0.3 is 0 Å². The highest BCUT2D eigenvalue weighted by molar-refractivity contribution is 5.54. The normalized spacial score (nSPS) is 16.8. The molecule has 154 valence electrons. The Kier molecular flexibility index (Phi) is 8.77. The van der Waals surface area contributed by atoms with Crippen LogP contribution < -0.4 is 4.90 Å². The molecule has 2 heterocycles. The van der Waals surface area contributed by atoms with E-state index in [0.29, 0.717) is 11.3 Å². The third kappa shape index (κ3) is 5.62. The van der Waals surface area contributed by atoms with Gasteiger partial charge in [-0.3, -0.25) is 0 Å². The van der Waals surface area contributed by atoms with E-state index in [9.17, 15) is 13.2 Å². The zero-order valence-electron chi connectivity index (χ0n) is 17.5. The van der Waals surface area contributed by atoms with Crippen LogP contribution in [-0.4, -0.2) is 38.1 Å². The van der Waals surface area contributed by atoms with Gasteiger partial charge in [0.15, 0.2) is 0 Å². The molecule has 0 atom stereocenters. The monoisotopic (exact) mass is 393 g/mol. The average molecular weight is 393 g/mol. The molecule has 28 heavy (non-hydrogen) atoms. The summed E-state index contributed by atoms with van der Waals surface area (Å²) in [5, 5.41) is 8.65. The molecule has 0 radical (unpaired) electrons. The van der Waals surface area contributed by atoms with Crippen molar-refractivity contribution in [3.05, 3.63) is 53.4 Å². The molecule has 0 aromatic heterocycles. The molecular weight excluding hydrogens is 363 g/mol. The minimum atomic E-state index is -0.776. The Morgan fingerprint density at radius 2 is 1.71 bits per heavy atom. The van der Waals surface area contributed by atoms with Gasteiger partial charge in [0.1, 0.15) is 29.1 Å². The highest BCUT2D eigenvalue weighted by Gasteiger charge is 2.46. The lowest BCUT2D eigenvalue weighted by Crippen LogP contribution is -2.57. The van der Waals surface area contributed by atoms with E-state index in [1.807, 2.05) is 18.7 Å². The average Bonchev–Trinajstić information content (AvgIpc) is 3.04. The van der Waals surface area contributed by atoms with Crippen molar-refractivity contribution in [3.8, 4) is 6.07 Å². The summed E-state index contributed by atoms with van der Waals surface area (Å²) < 4.78 is 39.1. The van der Waals surface area contributed by atoms with Gasteiger partial charge in [-0.2, -0.15) is 5.26 Å². The summed E-state index contributed by atoms with van der Waals surface area (Å²) >= 11 is 0. The Morgan fingerprint density at radius 1 is 1.18 bits per heavy atom. The van der Waals surface area contributed by atoms with E-state index in [-0.39, 0.29) is 11.2 Å². The van der Waals surface area contributed by atoms with Gasteiger partial charge in [0.2, 0.25) is 0 Å². The fraction of sp³-hybridized carbons (Fsp3) is 0.500. The molecular formula is C22H30F3N3. The Bertz CT molecular complexity index is 732. The van der Waals surface area contributed by atoms with Crippen molar-refractivity contribution in [2.75, 3.05) is 38.1 Å². The standard InChI is InChI=1S/C14H15F2N3.C6H9F.C2H6/c1-18-3-2-14(7-18)8-19(9-14)10-4-12(15)11(6-17)13(16)5-10;1-4-6(7)5(2)3;1-2/h4-5H,2-3,7-9H2,1H3;4H,1H2,2-3H3;1-2H3. The van der Waals surface area contributed by atoms with E-state index in [1.165, 1.54) is 18.2 Å². The summed E-state index contributed by atoms with van der Waals surface area (Å²) in [6, 6.07) is 4.06. The molecule has 0 aliphatic carbocycles. The number of hydrogen-bond donors (Lipinski definition) is 0. The SMILES string of the molecule is C=CC(F)=C(C)C.CC.CN1CCC2(C1)CN(c1cc(F)c(C#N)c(F)c1)C2. The highest BCUT2D eigenvalue weighted by atomic mass is 19.1. The maximum atomic E-state index is 13.6. The van der Waals surface area contributed by atoms with Crippen molar-refractivity contribution in [1.29, 1.82) is 5.26 Å². The largest absolute Gasteiger partial charge is 0.370 e. The summed E-state index contributed by atoms with van der Waals surface area (Å²) in [7, 11) is 2.10. The fourth-order valence-corrected chi connectivity index (χ4v) is 3.42. The molecule has 0 unspecified atom stereocenters. The van der Waals surface area contributed by atoms with Gasteiger partial charge in [-0.05, 0) is 57.6 Å². The number of hydrogen-bond acceptors (Lipinski definition) is 3. The topological polar surface area (TPSA) is 30.3 Å². The molecule has 1 spiro atoms. The first kappa shape index (κ1) is 23.8. The maximum Gasteiger partial charge on any atom is 0.146 e. The van der Waals surface area contributed by atoms with Crippen LogP contribution in [0.1, 0.15) is 39.7 Å². The summed E-state index contributed by atoms with van der Waals surface area (Å²) in [4.78, 5) is 4.27. The van der Waals surface area contributed by atoms with Gasteiger partial charge in [-0.1, -0.05) is 20.4 Å². The molecule has 6 heteroatoms. The van der Waals surface area contributed by atoms with Crippen LogP contribution in [0, 0.1) is 28.4 Å². The Morgan fingerprint density at radius 3 is 2.04 bits per heavy atom. The van der Waals surface area contributed by atoms with Gasteiger partial charge in [0.25, 0.3) is 0 Å². The molecule has 2 fully saturated rings. The first-order chi connectivity index (χ1) is 13.2. The summed E-state index contributed by atoms with van der Waals surface area (Å²) in [5.74, 6) is -1.77. The number of nitrogens with zero attached hydrogens (tertiary/aromatic N) is 3. The summed E-state index contributed by atoms with van der Waals surface area (Å²) in [5.41, 5.74) is 0.999. The quantitative estimate of drug-likeness (QED) is 0.627. The molecule has 0 N–H and O–H groups in total. The zero-order valence-corrected chi connectivity index (χ0v) is 17.5. The van der Waals surface area contributed by atoms with Gasteiger partial charge in [-0.25, -0.2) is 13.2 Å². The van der Waals surface area contributed by atoms with Crippen LogP contribution in [-0.2, 0) is 0 Å². The molecule has 2 aliphatic rings. The van der Waals surface area contributed by atoms with E-state index in [2.05, 4.69) is 18.5 Å². The Labute approximate surface area is 166 Å².